The average molecular weight is 488 g/mol. The first kappa shape index (κ1) is 21.8. The summed E-state index contributed by atoms with van der Waals surface area (Å²) in [6, 6.07) is 17.6. The normalized spacial score (nSPS) is 18.9. The predicted octanol–water partition coefficient (Wildman–Crippen LogP) is 4.96. The lowest BCUT2D eigenvalue weighted by Gasteiger charge is -2.58. The van der Waals surface area contributed by atoms with E-state index in [0.717, 1.165) is 41.3 Å². The molecule has 6 nitrogen and oxygen atoms in total. The van der Waals surface area contributed by atoms with Gasteiger partial charge in [-0.25, -0.2) is 9.59 Å². The van der Waals surface area contributed by atoms with Crippen LogP contribution in [0.5, 0.6) is 0 Å². The molecular weight excluding hydrogens is 462 g/mol. The standard InChI is InChI=1S/C24H26BrNO5/c25-20-8-6-19(7-9-20)24(31-15-21(27)28)16-23(17-24)10-12-26(13-11-23)22(29)30-14-18-4-2-1-3-5-18/h1-9H,10-17H2,(H,27,28). The minimum Gasteiger partial charge on any atom is -0.480 e. The van der Waals surface area contributed by atoms with E-state index in [1.807, 2.05) is 54.6 Å². The second kappa shape index (κ2) is 9.01. The number of piperidine rings is 1. The van der Waals surface area contributed by atoms with Crippen LogP contribution < -0.4 is 0 Å². The van der Waals surface area contributed by atoms with Crippen molar-refractivity contribution < 1.29 is 24.2 Å². The Balaban J connectivity index is 1.34. The SMILES string of the molecule is O=C(O)COC1(c2ccc(Br)cc2)CC2(CCN(C(=O)OCc3ccccc3)CC2)C1. The average Bonchev–Trinajstić information content (AvgIpc) is 2.76. The zero-order chi connectivity index (χ0) is 21.9. The molecule has 2 aromatic carbocycles. The maximum absolute atomic E-state index is 12.5. The number of nitrogens with zero attached hydrogens (tertiary/aromatic N) is 1. The number of carbonyl (C=O) groups is 2. The third-order valence-electron chi connectivity index (χ3n) is 6.45. The molecule has 0 aromatic heterocycles. The lowest BCUT2D eigenvalue weighted by molar-refractivity contribution is -0.198. The molecule has 0 unspecified atom stereocenters. The molecule has 0 bridgehead atoms. The molecule has 164 valence electrons. The van der Waals surface area contributed by atoms with Gasteiger partial charge in [-0.1, -0.05) is 58.4 Å². The number of carboxylic acid groups (broad SMARTS) is 1. The number of amides is 1. The Morgan fingerprint density at radius 3 is 2.26 bits per heavy atom. The van der Waals surface area contributed by atoms with Gasteiger partial charge in [-0.2, -0.15) is 0 Å². The molecule has 7 heteroatoms. The van der Waals surface area contributed by atoms with Crippen LogP contribution in [-0.2, 0) is 26.5 Å². The van der Waals surface area contributed by atoms with Gasteiger partial charge in [0.1, 0.15) is 13.2 Å². The van der Waals surface area contributed by atoms with E-state index in [2.05, 4.69) is 15.9 Å². The Morgan fingerprint density at radius 2 is 1.65 bits per heavy atom. The van der Waals surface area contributed by atoms with Gasteiger partial charge >= 0.3 is 12.1 Å². The van der Waals surface area contributed by atoms with Gasteiger partial charge in [0.25, 0.3) is 0 Å². The van der Waals surface area contributed by atoms with Gasteiger partial charge in [-0.3, -0.25) is 0 Å². The van der Waals surface area contributed by atoms with Gasteiger partial charge in [0.2, 0.25) is 0 Å². The van der Waals surface area contributed by atoms with Crippen LogP contribution in [0.2, 0.25) is 0 Å². The maximum Gasteiger partial charge on any atom is 0.410 e. The van der Waals surface area contributed by atoms with E-state index < -0.39 is 11.6 Å². The molecule has 0 radical (unpaired) electrons. The zero-order valence-corrected chi connectivity index (χ0v) is 18.8. The van der Waals surface area contributed by atoms with E-state index in [0.29, 0.717) is 13.1 Å². The summed E-state index contributed by atoms with van der Waals surface area (Å²) in [5.41, 5.74) is 1.47. The Hall–Kier alpha value is -2.38. The monoisotopic (exact) mass is 487 g/mol. The highest BCUT2D eigenvalue weighted by Gasteiger charge is 2.57. The summed E-state index contributed by atoms with van der Waals surface area (Å²) in [6.45, 7) is 1.24. The molecule has 2 aromatic rings. The van der Waals surface area contributed by atoms with Crippen LogP contribution in [0.15, 0.2) is 59.1 Å². The minimum absolute atomic E-state index is 0.0712. The Kier molecular flexibility index (Phi) is 6.34. The molecule has 1 saturated carbocycles. The van der Waals surface area contributed by atoms with Crippen LogP contribution in [-0.4, -0.2) is 41.8 Å². The summed E-state index contributed by atoms with van der Waals surface area (Å²) in [5.74, 6) is -0.964. The van der Waals surface area contributed by atoms with Crippen LogP contribution >= 0.6 is 15.9 Å². The van der Waals surface area contributed by atoms with Crippen molar-refractivity contribution >= 4 is 28.0 Å². The van der Waals surface area contributed by atoms with E-state index in [1.54, 1.807) is 4.90 Å². The fraction of sp³-hybridized carbons (Fsp3) is 0.417. The molecule has 1 saturated heterocycles. The first-order chi connectivity index (χ1) is 14.9. The van der Waals surface area contributed by atoms with Crippen molar-refractivity contribution in [2.24, 2.45) is 5.41 Å². The Bertz CT molecular complexity index is 915. The van der Waals surface area contributed by atoms with Gasteiger partial charge in [0, 0.05) is 17.6 Å². The highest BCUT2D eigenvalue weighted by Crippen LogP contribution is 2.61. The van der Waals surface area contributed by atoms with E-state index >= 15 is 0 Å². The quantitative estimate of drug-likeness (QED) is 0.622. The number of aliphatic carboxylic acids is 1. The molecule has 2 aliphatic rings. The summed E-state index contributed by atoms with van der Waals surface area (Å²) in [7, 11) is 0. The number of rotatable bonds is 6. The van der Waals surface area contributed by atoms with E-state index in [9.17, 15) is 9.59 Å². The Labute approximate surface area is 190 Å². The number of ether oxygens (including phenoxy) is 2. The molecule has 1 heterocycles. The third kappa shape index (κ3) is 4.93. The molecule has 0 atom stereocenters. The molecule has 1 N–H and O–H groups in total. The van der Waals surface area contributed by atoms with Crippen LogP contribution in [0.1, 0.15) is 36.8 Å². The molecule has 2 fully saturated rings. The predicted molar refractivity (Wildman–Crippen MR) is 119 cm³/mol. The summed E-state index contributed by atoms with van der Waals surface area (Å²) >= 11 is 3.45. The molecule has 1 spiro atoms. The number of hydrogen-bond donors (Lipinski definition) is 1. The second-order valence-corrected chi connectivity index (χ2v) is 9.48. The fourth-order valence-corrected chi connectivity index (χ4v) is 5.09. The van der Waals surface area contributed by atoms with E-state index in [1.165, 1.54) is 0 Å². The van der Waals surface area contributed by atoms with Crippen LogP contribution in [0.4, 0.5) is 4.79 Å². The van der Waals surface area contributed by atoms with Gasteiger partial charge in [0.05, 0.1) is 5.60 Å². The van der Waals surface area contributed by atoms with Crippen LogP contribution in [0, 0.1) is 5.41 Å². The maximum atomic E-state index is 12.5. The van der Waals surface area contributed by atoms with Crippen molar-refractivity contribution in [1.29, 1.82) is 0 Å². The Morgan fingerprint density at radius 1 is 1.00 bits per heavy atom. The van der Waals surface area contributed by atoms with Crippen LogP contribution in [0.25, 0.3) is 0 Å². The summed E-state index contributed by atoms with van der Waals surface area (Å²) in [6.07, 6.45) is 2.98. The van der Waals surface area contributed by atoms with E-state index in [4.69, 9.17) is 14.6 Å². The molecule has 1 aliphatic heterocycles. The number of carbonyl (C=O) groups excluding carboxylic acids is 1. The van der Waals surface area contributed by atoms with E-state index in [-0.39, 0.29) is 24.7 Å². The van der Waals surface area contributed by atoms with Crippen molar-refractivity contribution in [2.45, 2.75) is 37.9 Å². The third-order valence-corrected chi connectivity index (χ3v) is 6.98. The smallest absolute Gasteiger partial charge is 0.410 e. The second-order valence-electron chi connectivity index (χ2n) is 8.56. The van der Waals surface area contributed by atoms with Crippen molar-refractivity contribution in [1.82, 2.24) is 4.90 Å². The summed E-state index contributed by atoms with van der Waals surface area (Å²) in [5, 5.41) is 9.13. The van der Waals surface area contributed by atoms with Gasteiger partial charge in [-0.05, 0) is 54.4 Å². The van der Waals surface area contributed by atoms with Gasteiger partial charge < -0.3 is 19.5 Å². The van der Waals surface area contributed by atoms with Crippen molar-refractivity contribution in [3.8, 4) is 0 Å². The number of carboxylic acids is 1. The van der Waals surface area contributed by atoms with Crippen molar-refractivity contribution in [3.63, 3.8) is 0 Å². The first-order valence-corrected chi connectivity index (χ1v) is 11.3. The summed E-state index contributed by atoms with van der Waals surface area (Å²) in [4.78, 5) is 25.4. The zero-order valence-electron chi connectivity index (χ0n) is 17.3. The van der Waals surface area contributed by atoms with Crippen molar-refractivity contribution in [2.75, 3.05) is 19.7 Å². The van der Waals surface area contributed by atoms with Gasteiger partial charge in [-0.15, -0.1) is 0 Å². The highest BCUT2D eigenvalue weighted by molar-refractivity contribution is 9.10. The molecule has 1 aliphatic carbocycles. The molecule has 1 amide bonds. The lowest BCUT2D eigenvalue weighted by atomic mass is 9.53. The highest BCUT2D eigenvalue weighted by atomic mass is 79.9. The largest absolute Gasteiger partial charge is 0.480 e. The van der Waals surface area contributed by atoms with Gasteiger partial charge in [0.15, 0.2) is 0 Å². The molecule has 4 rings (SSSR count). The van der Waals surface area contributed by atoms with Crippen molar-refractivity contribution in [3.05, 3.63) is 70.2 Å². The number of halogens is 1. The molecular formula is C24H26BrNO5. The topological polar surface area (TPSA) is 76.1 Å². The fourth-order valence-electron chi connectivity index (χ4n) is 4.83. The first-order valence-electron chi connectivity index (χ1n) is 10.5. The minimum atomic E-state index is -0.964. The number of likely N-dealkylation sites (tertiary alicyclic amines) is 1. The summed E-state index contributed by atoms with van der Waals surface area (Å²) < 4.78 is 12.4. The van der Waals surface area contributed by atoms with Crippen LogP contribution in [0.3, 0.4) is 0 Å². The molecule has 31 heavy (non-hydrogen) atoms. The lowest BCUT2D eigenvalue weighted by Crippen LogP contribution is -2.56. The number of benzene rings is 2. The number of hydrogen-bond acceptors (Lipinski definition) is 4.